The number of phenolic OH excluding ortho intramolecular Hbond substituents is 1. The Morgan fingerprint density at radius 1 is 0.815 bits per heavy atom. The number of carbonyl (C=O) groups is 2. The number of phenols is 1. The first kappa shape index (κ1) is 43.9. The Kier molecular flexibility index (Phi) is 12.6. The molecule has 2 fully saturated rings. The number of anilines is 3. The second-order valence-corrected chi connectivity index (χ2v) is 22.6. The number of para-hydroxylation sites is 1. The minimum atomic E-state index is -3.05. The van der Waals surface area contributed by atoms with Gasteiger partial charge < -0.3 is 24.5 Å². The molecule has 1 aliphatic carbocycles. The molecule has 3 heterocycles. The summed E-state index contributed by atoms with van der Waals surface area (Å²) >= 11 is 0. The van der Waals surface area contributed by atoms with Crippen molar-refractivity contribution in [3.05, 3.63) is 186 Å². The van der Waals surface area contributed by atoms with E-state index in [-0.39, 0.29) is 35.5 Å². The van der Waals surface area contributed by atoms with Gasteiger partial charge in [-0.25, -0.2) is 0 Å². The van der Waals surface area contributed by atoms with E-state index in [9.17, 15) is 19.7 Å². The Labute approximate surface area is 382 Å². The first-order valence-electron chi connectivity index (χ1n) is 22.5. The fourth-order valence-corrected chi connectivity index (χ4v) is 15.0. The molecule has 11 heteroatoms. The number of nitrogens with one attached hydrogen (secondary N) is 1. The van der Waals surface area contributed by atoms with Crippen LogP contribution in [0.1, 0.15) is 51.3 Å². The van der Waals surface area contributed by atoms with Crippen molar-refractivity contribution in [2.24, 2.45) is 17.8 Å². The lowest BCUT2D eigenvalue weighted by molar-refractivity contribution is -0.122. The zero-order valence-electron chi connectivity index (χ0n) is 37.0. The standard InChI is InChI=1S/C54H54BN3O6Si/c1-54(2,3)65(44-20-9-5-10-21-44,45-22-11-6-12-23-45)63-36-39-34-46-51(53(61)58(52(46)60)42-28-26-41(27-29-42)57-40-17-7-4-8-18-40)47-35-55(62)64-49(50(39)47)30-25-38(48-24-13-14-31-56-48)32-37-16-15-19-43(59)33-37/h4-24,26-29,31-33,46-47,49,51,57,59,62H,25,30,34-36H2,1-3H3/b38-32-/t46-,47+,49-,51-/m1/s1. The highest BCUT2D eigenvalue weighted by atomic mass is 28.4. The van der Waals surface area contributed by atoms with Crippen LogP contribution in [0, 0.1) is 17.8 Å². The van der Waals surface area contributed by atoms with Gasteiger partial charge in [0.2, 0.25) is 11.8 Å². The molecule has 0 bridgehead atoms. The SMILES string of the molecule is CC(C)(C)[Si](OCC1=C2[C@@H](CC/C(=C/c3cccc(O)c3)c3ccccn3)OB(O)C[C@@H]2[C@@H]2C(=O)N(c3ccc(Nc4ccccc4)cc3)C(=O)[C@@H]2C1)(c1ccccc1)c1ccccc1. The number of fused-ring (bicyclic) bond motifs is 3. The summed E-state index contributed by atoms with van der Waals surface area (Å²) < 4.78 is 14.1. The Balaban J connectivity index is 1.11. The minimum absolute atomic E-state index is 0.165. The van der Waals surface area contributed by atoms with Crippen LogP contribution in [0.4, 0.5) is 17.1 Å². The van der Waals surface area contributed by atoms with E-state index in [1.54, 1.807) is 18.3 Å². The average Bonchev–Trinajstić information content (AvgIpc) is 3.57. The number of amides is 2. The van der Waals surface area contributed by atoms with E-state index in [1.165, 1.54) is 4.90 Å². The van der Waals surface area contributed by atoms with Gasteiger partial charge in [0.05, 0.1) is 35.9 Å². The summed E-state index contributed by atoms with van der Waals surface area (Å²) in [4.78, 5) is 35.7. The number of nitrogens with zero attached hydrogens (tertiary/aromatic N) is 2. The van der Waals surface area contributed by atoms with Crippen molar-refractivity contribution in [1.29, 1.82) is 0 Å². The Bertz CT molecular complexity index is 2650. The largest absolute Gasteiger partial charge is 0.508 e. The van der Waals surface area contributed by atoms with Crippen LogP contribution in [0.3, 0.4) is 0 Å². The van der Waals surface area contributed by atoms with Gasteiger partial charge >= 0.3 is 7.12 Å². The van der Waals surface area contributed by atoms with Gasteiger partial charge in [-0.3, -0.25) is 19.5 Å². The molecule has 4 atom stereocenters. The molecule has 0 spiro atoms. The van der Waals surface area contributed by atoms with E-state index in [1.807, 2.05) is 103 Å². The van der Waals surface area contributed by atoms with Crippen LogP contribution in [-0.4, -0.2) is 55.1 Å². The van der Waals surface area contributed by atoms with Crippen molar-refractivity contribution >= 4 is 66.3 Å². The highest BCUT2D eigenvalue weighted by Crippen LogP contribution is 2.52. The summed E-state index contributed by atoms with van der Waals surface area (Å²) in [6.45, 7) is 6.96. The number of imide groups is 1. The van der Waals surface area contributed by atoms with Crippen LogP contribution in [0.2, 0.25) is 11.4 Å². The summed E-state index contributed by atoms with van der Waals surface area (Å²) in [7, 11) is -4.20. The molecular weight excluding hydrogens is 826 g/mol. The molecule has 3 N–H and O–H groups in total. The van der Waals surface area contributed by atoms with Gasteiger partial charge in [-0.2, -0.15) is 0 Å². The number of carbonyl (C=O) groups excluding carboxylic acids is 2. The maximum Gasteiger partial charge on any atom is 0.455 e. The predicted molar refractivity (Wildman–Crippen MR) is 261 cm³/mol. The van der Waals surface area contributed by atoms with Crippen molar-refractivity contribution in [1.82, 2.24) is 4.98 Å². The van der Waals surface area contributed by atoms with E-state index in [0.717, 1.165) is 49.7 Å². The summed E-state index contributed by atoms with van der Waals surface area (Å²) in [6, 6.07) is 51.1. The topological polar surface area (TPSA) is 121 Å². The summed E-state index contributed by atoms with van der Waals surface area (Å²) in [6.07, 6.45) is 4.67. The summed E-state index contributed by atoms with van der Waals surface area (Å²) in [5, 5.41) is 27.3. The Morgan fingerprint density at radius 3 is 2.09 bits per heavy atom. The third kappa shape index (κ3) is 8.89. The van der Waals surface area contributed by atoms with Crippen molar-refractivity contribution in [2.45, 2.75) is 57.5 Å². The maximum atomic E-state index is 14.9. The maximum absolute atomic E-state index is 14.9. The van der Waals surface area contributed by atoms with Crippen molar-refractivity contribution in [2.75, 3.05) is 16.8 Å². The molecule has 6 aromatic rings. The predicted octanol–water partition coefficient (Wildman–Crippen LogP) is 9.43. The molecule has 0 radical (unpaired) electrons. The summed E-state index contributed by atoms with van der Waals surface area (Å²) in [5.41, 5.74) is 6.71. The first-order valence-corrected chi connectivity index (χ1v) is 24.4. The molecule has 5 aromatic carbocycles. The number of aromatic nitrogens is 1. The third-order valence-corrected chi connectivity index (χ3v) is 18.2. The normalized spacial score (nSPS) is 20.2. The smallest absolute Gasteiger partial charge is 0.455 e. The minimum Gasteiger partial charge on any atom is -0.508 e. The lowest BCUT2D eigenvalue weighted by atomic mass is 9.58. The number of hydrogen-bond acceptors (Lipinski definition) is 8. The highest BCUT2D eigenvalue weighted by Gasteiger charge is 2.58. The van der Waals surface area contributed by atoms with E-state index < -0.39 is 39.3 Å². The molecule has 3 aliphatic rings. The van der Waals surface area contributed by atoms with Gasteiger partial charge in [-0.1, -0.05) is 118 Å². The lowest BCUT2D eigenvalue weighted by Crippen LogP contribution is -2.66. The van der Waals surface area contributed by atoms with Crippen molar-refractivity contribution < 1.29 is 28.8 Å². The van der Waals surface area contributed by atoms with Crippen LogP contribution < -0.4 is 20.6 Å². The van der Waals surface area contributed by atoms with Crippen LogP contribution in [0.15, 0.2) is 175 Å². The molecule has 328 valence electrons. The van der Waals surface area contributed by atoms with Gasteiger partial charge in [-0.15, -0.1) is 0 Å². The second kappa shape index (κ2) is 18.6. The number of allylic oxidation sites excluding steroid dienone is 1. The Morgan fingerprint density at radius 2 is 1.46 bits per heavy atom. The number of rotatable bonds is 13. The zero-order valence-corrected chi connectivity index (χ0v) is 38.0. The molecule has 2 saturated heterocycles. The van der Waals surface area contributed by atoms with Gasteiger partial charge in [0, 0.05) is 17.6 Å². The van der Waals surface area contributed by atoms with E-state index in [2.05, 4.69) is 74.6 Å². The number of aromatic hydroxyl groups is 1. The molecule has 9 rings (SSSR count). The van der Waals surface area contributed by atoms with Gasteiger partial charge in [0.25, 0.3) is 8.32 Å². The summed E-state index contributed by atoms with van der Waals surface area (Å²) in [5.74, 6) is -2.13. The second-order valence-electron chi connectivity index (χ2n) is 18.3. The highest BCUT2D eigenvalue weighted by molar-refractivity contribution is 6.99. The van der Waals surface area contributed by atoms with Gasteiger partial charge in [-0.05, 0) is 136 Å². The van der Waals surface area contributed by atoms with Crippen molar-refractivity contribution in [3.8, 4) is 5.75 Å². The quantitative estimate of drug-likeness (QED) is 0.0597. The number of benzene rings is 5. The lowest BCUT2D eigenvalue weighted by Gasteiger charge is -2.46. The zero-order chi connectivity index (χ0) is 45.1. The van der Waals surface area contributed by atoms with Crippen LogP contribution in [-0.2, 0) is 18.7 Å². The molecule has 2 amide bonds. The van der Waals surface area contributed by atoms with E-state index in [4.69, 9.17) is 14.1 Å². The molecule has 9 nitrogen and oxygen atoms in total. The monoisotopic (exact) mass is 879 g/mol. The molecule has 0 saturated carbocycles. The van der Waals surface area contributed by atoms with E-state index >= 15 is 0 Å². The fraction of sp³-hybridized carbons (Fsp3) is 0.241. The van der Waals surface area contributed by atoms with Crippen LogP contribution >= 0.6 is 0 Å². The van der Waals surface area contributed by atoms with Crippen LogP contribution in [0.25, 0.3) is 11.6 Å². The fourth-order valence-electron chi connectivity index (χ4n) is 10.4. The van der Waals surface area contributed by atoms with E-state index in [0.29, 0.717) is 24.9 Å². The first-order chi connectivity index (χ1) is 31.5. The Hall–Kier alpha value is -6.37. The molecular formula is C54H54BN3O6Si. The van der Waals surface area contributed by atoms with Gasteiger partial charge in [0.15, 0.2) is 0 Å². The number of hydrogen-bond donors (Lipinski definition) is 3. The van der Waals surface area contributed by atoms with Crippen LogP contribution in [0.5, 0.6) is 5.75 Å². The molecule has 65 heavy (non-hydrogen) atoms. The molecule has 0 unspecified atom stereocenters. The molecule has 1 aromatic heterocycles. The molecule has 2 aliphatic heterocycles. The van der Waals surface area contributed by atoms with Crippen molar-refractivity contribution in [3.63, 3.8) is 0 Å². The van der Waals surface area contributed by atoms with Gasteiger partial charge in [0.1, 0.15) is 5.75 Å². The average molecular weight is 880 g/mol. The number of pyridine rings is 1. The third-order valence-electron chi connectivity index (χ3n) is 13.3.